The van der Waals surface area contributed by atoms with E-state index >= 15 is 0 Å². The number of likely N-dealkylation sites (tertiary alicyclic amines) is 1. The molecule has 0 amide bonds. The summed E-state index contributed by atoms with van der Waals surface area (Å²) in [6, 6.07) is 17.9. The summed E-state index contributed by atoms with van der Waals surface area (Å²) >= 11 is 1.67. The highest BCUT2D eigenvalue weighted by Crippen LogP contribution is 2.44. The number of carboxylic acid groups (broad SMARTS) is 1. The Morgan fingerprint density at radius 3 is 2.45 bits per heavy atom. The van der Waals surface area contributed by atoms with Crippen LogP contribution in [-0.2, 0) is 11.4 Å². The van der Waals surface area contributed by atoms with Crippen LogP contribution in [0.4, 0.5) is 0 Å². The fourth-order valence-electron chi connectivity index (χ4n) is 4.37. The Kier molecular flexibility index (Phi) is 7.52. The Hall–Kier alpha value is -3.03. The van der Waals surface area contributed by atoms with Gasteiger partial charge in [-0.1, -0.05) is 36.4 Å². The highest BCUT2D eigenvalue weighted by atomic mass is 32.1. The summed E-state index contributed by atoms with van der Waals surface area (Å²) in [5.41, 5.74) is 2.04. The molecule has 6 nitrogen and oxygen atoms in total. The Morgan fingerprint density at radius 2 is 1.85 bits per heavy atom. The van der Waals surface area contributed by atoms with Crippen LogP contribution in [0.5, 0.6) is 17.2 Å². The zero-order chi connectivity index (χ0) is 23.2. The van der Waals surface area contributed by atoms with Crippen molar-refractivity contribution in [2.24, 2.45) is 5.92 Å². The van der Waals surface area contributed by atoms with Gasteiger partial charge in [0.2, 0.25) is 5.75 Å². The van der Waals surface area contributed by atoms with E-state index in [1.165, 1.54) is 0 Å². The van der Waals surface area contributed by atoms with E-state index in [4.69, 9.17) is 14.2 Å². The van der Waals surface area contributed by atoms with Gasteiger partial charge < -0.3 is 19.3 Å². The first-order chi connectivity index (χ1) is 16.1. The normalized spacial score (nSPS) is 17.3. The lowest BCUT2D eigenvalue weighted by Gasteiger charge is -2.37. The fourth-order valence-corrected chi connectivity index (χ4v) is 5.26. The summed E-state index contributed by atoms with van der Waals surface area (Å²) in [6.07, 6.45) is 1.56. The molecule has 0 aliphatic carbocycles. The number of hydrogen-bond donors (Lipinski definition) is 1. The first kappa shape index (κ1) is 23.1. The van der Waals surface area contributed by atoms with Gasteiger partial charge in [-0.3, -0.25) is 9.69 Å². The van der Waals surface area contributed by atoms with E-state index in [-0.39, 0.29) is 12.0 Å². The van der Waals surface area contributed by atoms with E-state index in [0.29, 0.717) is 36.8 Å². The van der Waals surface area contributed by atoms with E-state index in [1.54, 1.807) is 25.6 Å². The highest BCUT2D eigenvalue weighted by molar-refractivity contribution is 7.10. The Labute approximate surface area is 198 Å². The van der Waals surface area contributed by atoms with Crippen LogP contribution < -0.4 is 14.2 Å². The SMILES string of the molecule is COc1cc(C(c2cccs2)N2CCCC(C(=O)O)C2)cc(OC)c1OCc1ccccc1. The molecule has 7 heteroatoms. The van der Waals surface area contributed by atoms with Crippen LogP contribution >= 0.6 is 11.3 Å². The molecule has 1 saturated heterocycles. The Balaban J connectivity index is 1.69. The summed E-state index contributed by atoms with van der Waals surface area (Å²) in [5, 5.41) is 11.7. The van der Waals surface area contributed by atoms with E-state index < -0.39 is 5.97 Å². The van der Waals surface area contributed by atoms with Crippen molar-refractivity contribution in [1.29, 1.82) is 0 Å². The molecule has 2 aromatic carbocycles. The van der Waals surface area contributed by atoms with Crippen molar-refractivity contribution in [1.82, 2.24) is 4.90 Å². The number of piperidine rings is 1. The first-order valence-corrected chi connectivity index (χ1v) is 11.9. The van der Waals surface area contributed by atoms with Crippen molar-refractivity contribution in [2.75, 3.05) is 27.3 Å². The quantitative estimate of drug-likeness (QED) is 0.465. The number of nitrogens with zero attached hydrogens (tertiary/aromatic N) is 1. The summed E-state index contributed by atoms with van der Waals surface area (Å²) in [6.45, 7) is 1.74. The molecule has 2 atom stereocenters. The average Bonchev–Trinajstić information content (AvgIpc) is 3.38. The number of rotatable bonds is 9. The second-order valence-electron chi connectivity index (χ2n) is 8.12. The molecule has 0 saturated carbocycles. The zero-order valence-corrected chi connectivity index (χ0v) is 19.7. The minimum absolute atomic E-state index is 0.0851. The standard InChI is InChI=1S/C26H29NO5S/c1-30-21-14-20(15-22(31-2)25(21)32-17-18-8-4-3-5-9-18)24(23-11-7-13-33-23)27-12-6-10-19(16-27)26(28)29/h3-5,7-9,11,13-15,19,24H,6,10,12,16-17H2,1-2H3,(H,28,29). The fraction of sp³-hybridized carbons (Fsp3) is 0.346. The maximum absolute atomic E-state index is 11.7. The van der Waals surface area contributed by atoms with Gasteiger partial charge in [-0.15, -0.1) is 11.3 Å². The second kappa shape index (κ2) is 10.7. The summed E-state index contributed by atoms with van der Waals surface area (Å²) in [4.78, 5) is 15.1. The molecule has 1 fully saturated rings. The minimum Gasteiger partial charge on any atom is -0.493 e. The molecule has 0 radical (unpaired) electrons. The molecule has 4 rings (SSSR count). The van der Waals surface area contributed by atoms with Crippen LogP contribution in [0.15, 0.2) is 60.0 Å². The highest BCUT2D eigenvalue weighted by Gasteiger charge is 2.33. The van der Waals surface area contributed by atoms with Crippen molar-refractivity contribution >= 4 is 17.3 Å². The molecule has 1 aromatic heterocycles. The molecular weight excluding hydrogens is 438 g/mol. The third-order valence-corrected chi connectivity index (χ3v) is 6.93. The van der Waals surface area contributed by atoms with Gasteiger partial charge in [-0.05, 0) is 54.1 Å². The molecule has 1 N–H and O–H groups in total. The second-order valence-corrected chi connectivity index (χ2v) is 9.10. The van der Waals surface area contributed by atoms with Crippen molar-refractivity contribution in [2.45, 2.75) is 25.5 Å². The van der Waals surface area contributed by atoms with Gasteiger partial charge in [-0.25, -0.2) is 0 Å². The number of benzene rings is 2. The molecule has 0 bridgehead atoms. The van der Waals surface area contributed by atoms with E-state index in [0.717, 1.165) is 29.0 Å². The van der Waals surface area contributed by atoms with Crippen molar-refractivity contribution in [3.63, 3.8) is 0 Å². The lowest BCUT2D eigenvalue weighted by atomic mass is 9.94. The Bertz CT molecular complexity index is 1030. The van der Waals surface area contributed by atoms with Crippen LogP contribution in [0, 0.1) is 5.92 Å². The van der Waals surface area contributed by atoms with Crippen LogP contribution in [0.2, 0.25) is 0 Å². The molecule has 2 unspecified atom stereocenters. The maximum Gasteiger partial charge on any atom is 0.307 e. The monoisotopic (exact) mass is 467 g/mol. The molecule has 2 heterocycles. The topological polar surface area (TPSA) is 68.2 Å². The van der Waals surface area contributed by atoms with Gasteiger partial charge in [0, 0.05) is 11.4 Å². The van der Waals surface area contributed by atoms with Gasteiger partial charge in [-0.2, -0.15) is 0 Å². The van der Waals surface area contributed by atoms with Crippen LogP contribution in [-0.4, -0.2) is 43.3 Å². The predicted molar refractivity (Wildman–Crippen MR) is 128 cm³/mol. The van der Waals surface area contributed by atoms with Crippen molar-refractivity contribution in [3.8, 4) is 17.2 Å². The number of methoxy groups -OCH3 is 2. The first-order valence-electron chi connectivity index (χ1n) is 11.0. The van der Waals surface area contributed by atoms with E-state index in [9.17, 15) is 9.90 Å². The van der Waals surface area contributed by atoms with Crippen molar-refractivity contribution < 1.29 is 24.1 Å². The molecule has 174 valence electrons. The number of thiophene rings is 1. The number of hydrogen-bond acceptors (Lipinski definition) is 6. The summed E-state index contributed by atoms with van der Waals surface area (Å²) < 4.78 is 17.6. The van der Waals surface area contributed by atoms with Crippen LogP contribution in [0.3, 0.4) is 0 Å². The number of ether oxygens (including phenoxy) is 3. The molecule has 33 heavy (non-hydrogen) atoms. The maximum atomic E-state index is 11.7. The number of carbonyl (C=O) groups is 1. The molecule has 3 aromatic rings. The average molecular weight is 468 g/mol. The lowest BCUT2D eigenvalue weighted by Crippen LogP contribution is -2.41. The van der Waals surface area contributed by atoms with Crippen molar-refractivity contribution in [3.05, 3.63) is 76.0 Å². The minimum atomic E-state index is -0.732. The van der Waals surface area contributed by atoms with Crippen LogP contribution in [0.25, 0.3) is 0 Å². The molecule has 1 aliphatic heterocycles. The van der Waals surface area contributed by atoms with E-state index in [1.807, 2.05) is 53.9 Å². The molecule has 1 aliphatic rings. The smallest absolute Gasteiger partial charge is 0.307 e. The molecule has 0 spiro atoms. The zero-order valence-electron chi connectivity index (χ0n) is 18.9. The van der Waals surface area contributed by atoms with Gasteiger partial charge >= 0.3 is 5.97 Å². The summed E-state index contributed by atoms with van der Waals surface area (Å²) in [7, 11) is 3.24. The largest absolute Gasteiger partial charge is 0.493 e. The van der Waals surface area contributed by atoms with Gasteiger partial charge in [0.1, 0.15) is 6.61 Å². The van der Waals surface area contributed by atoms with E-state index in [2.05, 4.69) is 11.0 Å². The third kappa shape index (κ3) is 5.31. The predicted octanol–water partition coefficient (Wildman–Crippen LogP) is 5.23. The number of aliphatic carboxylic acids is 1. The number of carboxylic acids is 1. The third-order valence-electron chi connectivity index (χ3n) is 6.00. The van der Waals surface area contributed by atoms with Gasteiger partial charge in [0.15, 0.2) is 11.5 Å². The molecular formula is C26H29NO5S. The Morgan fingerprint density at radius 1 is 1.12 bits per heavy atom. The lowest BCUT2D eigenvalue weighted by molar-refractivity contribution is -0.143. The van der Waals surface area contributed by atoms with Gasteiger partial charge in [0.25, 0.3) is 0 Å². The van der Waals surface area contributed by atoms with Gasteiger partial charge in [0.05, 0.1) is 26.2 Å². The van der Waals surface area contributed by atoms with Crippen LogP contribution in [0.1, 0.15) is 34.9 Å². The summed E-state index contributed by atoms with van der Waals surface area (Å²) in [5.74, 6) is 0.643.